The summed E-state index contributed by atoms with van der Waals surface area (Å²) in [6.45, 7) is 6.23. The predicted molar refractivity (Wildman–Crippen MR) is 94.4 cm³/mol. The summed E-state index contributed by atoms with van der Waals surface area (Å²) in [6.07, 6.45) is 2.56. The summed E-state index contributed by atoms with van der Waals surface area (Å²) in [4.78, 5) is 24.4. The Kier molecular flexibility index (Phi) is 3.32. The molecule has 1 fully saturated rings. The highest BCUT2D eigenvalue weighted by Crippen LogP contribution is 2.39. The van der Waals surface area contributed by atoms with Crippen molar-refractivity contribution in [2.75, 3.05) is 0 Å². The van der Waals surface area contributed by atoms with E-state index in [2.05, 4.69) is 23.8 Å². The average molecular weight is 346 g/mol. The zero-order chi connectivity index (χ0) is 16.3. The molecule has 0 spiro atoms. The van der Waals surface area contributed by atoms with Gasteiger partial charge in [0.15, 0.2) is 0 Å². The van der Waals surface area contributed by atoms with E-state index in [1.54, 1.807) is 17.5 Å². The normalized spacial score (nSPS) is 20.4. The fourth-order valence-electron chi connectivity index (χ4n) is 3.40. The molecule has 4 nitrogen and oxygen atoms in total. The second-order valence-electron chi connectivity index (χ2n) is 5.98. The van der Waals surface area contributed by atoms with Gasteiger partial charge in [-0.1, -0.05) is 18.5 Å². The number of fused-ring (bicyclic) bond motifs is 3. The third-order valence-corrected chi connectivity index (χ3v) is 6.11. The average Bonchev–Trinajstić information content (AvgIpc) is 3.07. The predicted octanol–water partition coefficient (Wildman–Crippen LogP) is 4.43. The van der Waals surface area contributed by atoms with Crippen LogP contribution in [0.3, 0.4) is 0 Å². The van der Waals surface area contributed by atoms with Crippen LogP contribution in [0.4, 0.5) is 0 Å². The number of aryl methyl sites for hydroxylation is 1. The Balaban J connectivity index is 1.88. The van der Waals surface area contributed by atoms with Crippen LogP contribution in [0.5, 0.6) is 0 Å². The molecule has 3 aromatic rings. The van der Waals surface area contributed by atoms with Gasteiger partial charge in [0.2, 0.25) is 0 Å². The lowest BCUT2D eigenvalue weighted by molar-refractivity contribution is 0.0869. The van der Waals surface area contributed by atoms with E-state index in [9.17, 15) is 4.79 Å². The van der Waals surface area contributed by atoms with Gasteiger partial charge in [0.05, 0.1) is 34.2 Å². The van der Waals surface area contributed by atoms with Crippen molar-refractivity contribution in [3.05, 3.63) is 33.9 Å². The summed E-state index contributed by atoms with van der Waals surface area (Å²) in [6, 6.07) is 4.63. The van der Waals surface area contributed by atoms with Gasteiger partial charge in [-0.05, 0) is 38.0 Å². The lowest BCUT2D eigenvalue weighted by Crippen LogP contribution is -2.14. The van der Waals surface area contributed by atoms with Crippen LogP contribution in [0.1, 0.15) is 35.5 Å². The smallest absolute Gasteiger partial charge is 0.264 e. The van der Waals surface area contributed by atoms with Crippen LogP contribution >= 0.6 is 22.9 Å². The van der Waals surface area contributed by atoms with Crippen molar-refractivity contribution < 1.29 is 4.79 Å². The van der Waals surface area contributed by atoms with Gasteiger partial charge < -0.3 is 4.90 Å². The van der Waals surface area contributed by atoms with Gasteiger partial charge in [0, 0.05) is 10.1 Å². The molecule has 0 aliphatic carbocycles. The Labute approximate surface area is 143 Å². The first-order valence-corrected chi connectivity index (χ1v) is 8.89. The second-order valence-corrected chi connectivity index (χ2v) is 7.42. The zero-order valence-corrected chi connectivity index (χ0v) is 14.7. The summed E-state index contributed by atoms with van der Waals surface area (Å²) in [5.41, 5.74) is 2.56. The number of carbonyl (C=O) groups excluding carboxylic acids is 1. The van der Waals surface area contributed by atoms with Gasteiger partial charge in [0.1, 0.15) is 5.15 Å². The van der Waals surface area contributed by atoms with Crippen molar-refractivity contribution in [1.82, 2.24) is 14.9 Å². The first-order valence-electron chi connectivity index (χ1n) is 7.70. The van der Waals surface area contributed by atoms with Crippen LogP contribution in [-0.4, -0.2) is 32.9 Å². The number of hydrogen-bond donors (Lipinski definition) is 0. The molecular formula is C17H16ClN3OS. The van der Waals surface area contributed by atoms with E-state index in [0.717, 1.165) is 38.0 Å². The molecule has 118 valence electrons. The molecule has 6 heteroatoms. The van der Waals surface area contributed by atoms with Crippen molar-refractivity contribution in [2.45, 2.75) is 39.3 Å². The molecule has 1 aromatic carbocycles. The number of rotatable bonds is 2. The molecule has 23 heavy (non-hydrogen) atoms. The highest BCUT2D eigenvalue weighted by atomic mass is 35.5. The van der Waals surface area contributed by atoms with Gasteiger partial charge in [-0.3, -0.25) is 9.78 Å². The molecule has 0 radical (unpaired) electrons. The lowest BCUT2D eigenvalue weighted by atomic mass is 10.1. The molecule has 1 amide bonds. The van der Waals surface area contributed by atoms with Crippen molar-refractivity contribution in [1.29, 1.82) is 0 Å². The fraction of sp³-hybridized carbons (Fsp3) is 0.353. The molecule has 1 unspecified atom stereocenters. The van der Waals surface area contributed by atoms with Crippen molar-refractivity contribution in [3.63, 3.8) is 0 Å². The van der Waals surface area contributed by atoms with Gasteiger partial charge in [-0.15, -0.1) is 11.3 Å². The summed E-state index contributed by atoms with van der Waals surface area (Å²) in [5, 5.41) is 1.40. The minimum absolute atomic E-state index is 0.137. The van der Waals surface area contributed by atoms with E-state index in [1.807, 2.05) is 24.0 Å². The van der Waals surface area contributed by atoms with Crippen molar-refractivity contribution in [3.8, 4) is 0 Å². The Hall–Kier alpha value is -1.72. The number of benzene rings is 1. The minimum atomic E-state index is 0.137. The summed E-state index contributed by atoms with van der Waals surface area (Å²) in [7, 11) is 0. The Morgan fingerprint density at radius 1 is 1.43 bits per heavy atom. The highest BCUT2D eigenvalue weighted by Gasteiger charge is 2.46. The number of amides is 1. The molecule has 3 heterocycles. The van der Waals surface area contributed by atoms with E-state index in [0.29, 0.717) is 17.2 Å². The molecule has 2 atom stereocenters. The number of halogens is 1. The monoisotopic (exact) mass is 345 g/mol. The van der Waals surface area contributed by atoms with Crippen LogP contribution in [-0.2, 0) is 0 Å². The number of carbonyl (C=O) groups is 1. The van der Waals surface area contributed by atoms with E-state index in [1.165, 1.54) is 0 Å². The third-order valence-electron chi connectivity index (χ3n) is 4.68. The van der Waals surface area contributed by atoms with E-state index < -0.39 is 0 Å². The molecule has 4 rings (SSSR count). The number of hydrogen-bond acceptors (Lipinski definition) is 4. The second kappa shape index (κ2) is 5.14. The SMILES string of the molecule is CCC1[C@@H](C)N1C(=O)c1sc2ccc3nc(Cl)cnc3c2c1C. The largest absolute Gasteiger partial charge is 0.328 e. The van der Waals surface area contributed by atoms with Crippen LogP contribution < -0.4 is 0 Å². The van der Waals surface area contributed by atoms with Crippen LogP contribution in [0.2, 0.25) is 5.15 Å². The topological polar surface area (TPSA) is 45.9 Å². The van der Waals surface area contributed by atoms with Crippen LogP contribution in [0, 0.1) is 6.92 Å². The minimum Gasteiger partial charge on any atom is -0.328 e. The molecule has 1 aliphatic rings. The van der Waals surface area contributed by atoms with E-state index >= 15 is 0 Å². The Bertz CT molecular complexity index is 952. The van der Waals surface area contributed by atoms with Crippen LogP contribution in [0.25, 0.3) is 21.1 Å². The number of aromatic nitrogens is 2. The van der Waals surface area contributed by atoms with Gasteiger partial charge in [-0.2, -0.15) is 0 Å². The Morgan fingerprint density at radius 2 is 2.22 bits per heavy atom. The maximum absolute atomic E-state index is 12.8. The highest BCUT2D eigenvalue weighted by molar-refractivity contribution is 7.21. The molecule has 1 saturated heterocycles. The fourth-order valence-corrected chi connectivity index (χ4v) is 4.69. The standard InChI is InChI=1S/C17H16ClN3OS/c1-4-11-9(3)21(11)17(22)16-8(2)14-12(23-16)6-5-10-15(14)19-7-13(18)20-10/h5-7,9,11H,4H2,1-3H3/t9-,11?,21?/m1/s1. The number of thiophene rings is 1. The molecular weight excluding hydrogens is 330 g/mol. The maximum Gasteiger partial charge on any atom is 0.264 e. The van der Waals surface area contributed by atoms with Crippen molar-refractivity contribution >= 4 is 50.0 Å². The zero-order valence-electron chi connectivity index (χ0n) is 13.1. The number of nitrogens with zero attached hydrogens (tertiary/aromatic N) is 3. The first kappa shape index (κ1) is 14.8. The van der Waals surface area contributed by atoms with E-state index in [4.69, 9.17) is 11.6 Å². The van der Waals surface area contributed by atoms with E-state index in [-0.39, 0.29) is 5.91 Å². The molecule has 1 aliphatic heterocycles. The van der Waals surface area contributed by atoms with Crippen LogP contribution in [0.15, 0.2) is 18.3 Å². The summed E-state index contributed by atoms with van der Waals surface area (Å²) >= 11 is 7.47. The lowest BCUT2D eigenvalue weighted by Gasteiger charge is -2.03. The molecule has 0 saturated carbocycles. The van der Waals surface area contributed by atoms with Gasteiger partial charge in [-0.25, -0.2) is 4.98 Å². The summed E-state index contributed by atoms with van der Waals surface area (Å²) in [5.74, 6) is 0.137. The molecule has 0 N–H and O–H groups in total. The third kappa shape index (κ3) is 2.14. The molecule has 2 aromatic heterocycles. The molecule has 0 bridgehead atoms. The quantitative estimate of drug-likeness (QED) is 0.645. The maximum atomic E-state index is 12.8. The first-order chi connectivity index (χ1) is 11.0. The Morgan fingerprint density at radius 3 is 2.91 bits per heavy atom. The van der Waals surface area contributed by atoms with Crippen molar-refractivity contribution in [2.24, 2.45) is 0 Å². The van der Waals surface area contributed by atoms with Gasteiger partial charge >= 0.3 is 0 Å². The summed E-state index contributed by atoms with van der Waals surface area (Å²) < 4.78 is 1.07. The van der Waals surface area contributed by atoms with Gasteiger partial charge in [0.25, 0.3) is 5.91 Å².